The molecule has 0 unspecified atom stereocenters. The van der Waals surface area contributed by atoms with Crippen molar-refractivity contribution in [3.8, 4) is 0 Å². The minimum Gasteiger partial charge on any atom is -0.383 e. The van der Waals surface area contributed by atoms with Gasteiger partial charge in [-0.2, -0.15) is 0 Å². The standard InChI is InChI=1S/C11H15BrFNO2S/c1-8(2)17(15,16)6-5-14-11-7-9(13)3-4-10(11)12/h3-4,7-8,14H,5-6H2,1-2H3. The Morgan fingerprint density at radius 2 is 2.06 bits per heavy atom. The molecule has 0 aromatic heterocycles. The number of hydrogen-bond acceptors (Lipinski definition) is 3. The molecule has 6 heteroatoms. The highest BCUT2D eigenvalue weighted by atomic mass is 79.9. The summed E-state index contributed by atoms with van der Waals surface area (Å²) >= 11 is 3.26. The second kappa shape index (κ2) is 5.82. The van der Waals surface area contributed by atoms with E-state index >= 15 is 0 Å². The molecule has 0 spiro atoms. The van der Waals surface area contributed by atoms with Crippen molar-refractivity contribution >= 4 is 31.5 Å². The van der Waals surface area contributed by atoms with Crippen LogP contribution in [0.4, 0.5) is 10.1 Å². The highest BCUT2D eigenvalue weighted by molar-refractivity contribution is 9.10. The summed E-state index contributed by atoms with van der Waals surface area (Å²) in [6.45, 7) is 3.56. The maximum absolute atomic E-state index is 13.0. The van der Waals surface area contributed by atoms with Crippen LogP contribution in [0.5, 0.6) is 0 Å². The lowest BCUT2D eigenvalue weighted by atomic mass is 10.3. The van der Waals surface area contributed by atoms with Gasteiger partial charge in [-0.05, 0) is 48.0 Å². The Morgan fingerprint density at radius 1 is 1.41 bits per heavy atom. The molecule has 1 rings (SSSR count). The fraction of sp³-hybridized carbons (Fsp3) is 0.455. The summed E-state index contributed by atoms with van der Waals surface area (Å²) in [5.74, 6) is -0.324. The van der Waals surface area contributed by atoms with Crippen molar-refractivity contribution in [2.75, 3.05) is 17.6 Å². The number of rotatable bonds is 5. The number of anilines is 1. The summed E-state index contributed by atoms with van der Waals surface area (Å²) in [4.78, 5) is 0. The van der Waals surface area contributed by atoms with Gasteiger partial charge in [0.15, 0.2) is 9.84 Å². The minimum atomic E-state index is -3.06. The average molecular weight is 324 g/mol. The van der Waals surface area contributed by atoms with Gasteiger partial charge >= 0.3 is 0 Å². The number of halogens is 2. The molecule has 96 valence electrons. The highest BCUT2D eigenvalue weighted by Gasteiger charge is 2.15. The van der Waals surface area contributed by atoms with Crippen LogP contribution < -0.4 is 5.32 Å². The average Bonchev–Trinajstić information content (AvgIpc) is 2.22. The van der Waals surface area contributed by atoms with Crippen molar-refractivity contribution in [1.82, 2.24) is 0 Å². The lowest BCUT2D eigenvalue weighted by Gasteiger charge is -2.10. The Kier molecular flexibility index (Phi) is 4.94. The Hall–Kier alpha value is -0.620. The quantitative estimate of drug-likeness (QED) is 0.906. The van der Waals surface area contributed by atoms with Crippen LogP contribution in [0.3, 0.4) is 0 Å². The Balaban J connectivity index is 2.60. The molecule has 17 heavy (non-hydrogen) atoms. The van der Waals surface area contributed by atoms with E-state index in [1.54, 1.807) is 19.9 Å². The SMILES string of the molecule is CC(C)S(=O)(=O)CCNc1cc(F)ccc1Br. The molecule has 0 saturated heterocycles. The number of hydrogen-bond donors (Lipinski definition) is 1. The van der Waals surface area contributed by atoms with Crippen LogP contribution in [-0.4, -0.2) is 26.0 Å². The Bertz CT molecular complexity index is 488. The zero-order chi connectivity index (χ0) is 13.1. The van der Waals surface area contributed by atoms with E-state index < -0.39 is 9.84 Å². The summed E-state index contributed by atoms with van der Waals surface area (Å²) in [6, 6.07) is 4.24. The molecule has 0 atom stereocenters. The fourth-order valence-corrected chi connectivity index (χ4v) is 2.44. The molecular formula is C11H15BrFNO2S. The highest BCUT2D eigenvalue weighted by Crippen LogP contribution is 2.22. The molecule has 0 fully saturated rings. The van der Waals surface area contributed by atoms with Crippen LogP contribution in [-0.2, 0) is 9.84 Å². The molecule has 0 aliphatic carbocycles. The van der Waals surface area contributed by atoms with Gasteiger partial charge < -0.3 is 5.32 Å². The van der Waals surface area contributed by atoms with E-state index in [0.717, 1.165) is 0 Å². The van der Waals surface area contributed by atoms with E-state index in [2.05, 4.69) is 21.2 Å². The smallest absolute Gasteiger partial charge is 0.154 e. The van der Waals surface area contributed by atoms with Gasteiger partial charge in [-0.25, -0.2) is 12.8 Å². The van der Waals surface area contributed by atoms with E-state index in [4.69, 9.17) is 0 Å². The van der Waals surface area contributed by atoms with Gasteiger partial charge in [-0.15, -0.1) is 0 Å². The summed E-state index contributed by atoms with van der Waals surface area (Å²) < 4.78 is 36.8. The van der Waals surface area contributed by atoms with E-state index in [9.17, 15) is 12.8 Å². The third-order valence-electron chi connectivity index (χ3n) is 2.35. The van der Waals surface area contributed by atoms with Crippen LogP contribution in [0.15, 0.2) is 22.7 Å². The van der Waals surface area contributed by atoms with Gasteiger partial charge in [-0.1, -0.05) is 0 Å². The van der Waals surface area contributed by atoms with Gasteiger partial charge in [0.2, 0.25) is 0 Å². The van der Waals surface area contributed by atoms with E-state index in [1.165, 1.54) is 12.1 Å². The largest absolute Gasteiger partial charge is 0.383 e. The van der Waals surface area contributed by atoms with Gasteiger partial charge in [0.1, 0.15) is 5.82 Å². The van der Waals surface area contributed by atoms with Gasteiger partial charge in [0.25, 0.3) is 0 Å². The number of sulfone groups is 1. The molecule has 0 heterocycles. The molecule has 0 bridgehead atoms. The van der Waals surface area contributed by atoms with Gasteiger partial charge in [0, 0.05) is 11.0 Å². The lowest BCUT2D eigenvalue weighted by Crippen LogP contribution is -2.23. The first-order valence-electron chi connectivity index (χ1n) is 5.23. The Labute approximate surface area is 109 Å². The second-order valence-electron chi connectivity index (χ2n) is 3.97. The first-order chi connectivity index (χ1) is 7.83. The van der Waals surface area contributed by atoms with Crippen LogP contribution >= 0.6 is 15.9 Å². The second-order valence-corrected chi connectivity index (χ2v) is 7.50. The van der Waals surface area contributed by atoms with Crippen molar-refractivity contribution in [2.24, 2.45) is 0 Å². The van der Waals surface area contributed by atoms with E-state index in [0.29, 0.717) is 10.2 Å². The molecule has 3 nitrogen and oxygen atoms in total. The maximum atomic E-state index is 13.0. The molecule has 1 aromatic carbocycles. The lowest BCUT2D eigenvalue weighted by molar-refractivity contribution is 0.588. The van der Waals surface area contributed by atoms with Crippen LogP contribution in [0.1, 0.15) is 13.8 Å². The van der Waals surface area contributed by atoms with Crippen LogP contribution in [0.25, 0.3) is 0 Å². The van der Waals surface area contributed by atoms with Crippen LogP contribution in [0.2, 0.25) is 0 Å². The zero-order valence-electron chi connectivity index (χ0n) is 9.70. The van der Waals surface area contributed by atoms with Gasteiger partial charge in [0.05, 0.1) is 16.7 Å². The third-order valence-corrected chi connectivity index (χ3v) is 5.25. The topological polar surface area (TPSA) is 46.2 Å². The summed E-state index contributed by atoms with van der Waals surface area (Å²) in [7, 11) is -3.06. The van der Waals surface area contributed by atoms with Gasteiger partial charge in [-0.3, -0.25) is 0 Å². The van der Waals surface area contributed by atoms with Crippen molar-refractivity contribution in [1.29, 1.82) is 0 Å². The van der Waals surface area contributed by atoms with Crippen molar-refractivity contribution in [3.05, 3.63) is 28.5 Å². The summed E-state index contributed by atoms with van der Waals surface area (Å²) in [5, 5.41) is 2.51. The molecule has 0 aliphatic heterocycles. The third kappa shape index (κ3) is 4.27. The molecule has 0 radical (unpaired) electrons. The molecule has 1 aromatic rings. The maximum Gasteiger partial charge on any atom is 0.154 e. The molecule has 0 aliphatic rings. The van der Waals surface area contributed by atoms with Crippen LogP contribution in [0, 0.1) is 5.82 Å². The molecule has 0 amide bonds. The minimum absolute atomic E-state index is 0.0353. The monoisotopic (exact) mass is 323 g/mol. The van der Waals surface area contributed by atoms with E-state index in [-0.39, 0.29) is 23.4 Å². The fourth-order valence-electron chi connectivity index (χ4n) is 1.20. The predicted octanol–water partition coefficient (Wildman–Crippen LogP) is 2.82. The van der Waals surface area contributed by atoms with Crippen molar-refractivity contribution < 1.29 is 12.8 Å². The van der Waals surface area contributed by atoms with Crippen molar-refractivity contribution in [2.45, 2.75) is 19.1 Å². The number of benzene rings is 1. The summed E-state index contributed by atoms with van der Waals surface area (Å²) in [5.41, 5.74) is 0.559. The molecule has 0 saturated carbocycles. The van der Waals surface area contributed by atoms with E-state index in [1.807, 2.05) is 0 Å². The molecule has 1 N–H and O–H groups in total. The number of nitrogens with one attached hydrogen (secondary N) is 1. The predicted molar refractivity (Wildman–Crippen MR) is 71.5 cm³/mol. The Morgan fingerprint density at radius 3 is 2.65 bits per heavy atom. The van der Waals surface area contributed by atoms with Crippen molar-refractivity contribution in [3.63, 3.8) is 0 Å². The first kappa shape index (κ1) is 14.4. The molecular weight excluding hydrogens is 309 g/mol. The first-order valence-corrected chi connectivity index (χ1v) is 7.74. The normalized spacial score (nSPS) is 11.8. The summed E-state index contributed by atoms with van der Waals surface area (Å²) in [6.07, 6.45) is 0. The zero-order valence-corrected chi connectivity index (χ0v) is 12.1.